The maximum atomic E-state index is 13.3. The van der Waals surface area contributed by atoms with Crippen LogP contribution in [0.2, 0.25) is 0 Å². The van der Waals surface area contributed by atoms with E-state index >= 15 is 0 Å². The Balaban J connectivity index is 1.65. The topological polar surface area (TPSA) is 63.2 Å². The number of pyridine rings is 1. The third kappa shape index (κ3) is 4.48. The molecule has 3 heterocycles. The van der Waals surface area contributed by atoms with Crippen molar-refractivity contribution in [3.63, 3.8) is 0 Å². The zero-order valence-electron chi connectivity index (χ0n) is 18.5. The van der Waals surface area contributed by atoms with Crippen LogP contribution in [0.25, 0.3) is 10.8 Å². The van der Waals surface area contributed by atoms with Crippen molar-refractivity contribution in [2.45, 2.75) is 45.5 Å². The number of alkyl halides is 3. The number of fused-ring (bicyclic) bond motifs is 1. The highest BCUT2D eigenvalue weighted by Gasteiger charge is 2.33. The Kier molecular flexibility index (Phi) is 5.94. The van der Waals surface area contributed by atoms with Gasteiger partial charge in [0.2, 0.25) is 5.88 Å². The van der Waals surface area contributed by atoms with Crippen LogP contribution in [0.4, 0.5) is 19.0 Å². The maximum Gasteiger partial charge on any atom is 0.416 e. The van der Waals surface area contributed by atoms with Gasteiger partial charge in [-0.1, -0.05) is 12.1 Å². The normalized spacial score (nSPS) is 18.2. The minimum absolute atomic E-state index is 0.0731. The second-order valence-electron chi connectivity index (χ2n) is 8.38. The van der Waals surface area contributed by atoms with Crippen LogP contribution in [0, 0.1) is 13.8 Å². The van der Waals surface area contributed by atoms with Crippen molar-refractivity contribution in [2.24, 2.45) is 0 Å². The van der Waals surface area contributed by atoms with E-state index in [0.29, 0.717) is 23.0 Å². The van der Waals surface area contributed by atoms with E-state index in [2.05, 4.69) is 32.4 Å². The molecule has 0 amide bonds. The first-order chi connectivity index (χ1) is 15.1. The fourth-order valence-electron chi connectivity index (χ4n) is 4.20. The van der Waals surface area contributed by atoms with Gasteiger partial charge in [-0.25, -0.2) is 4.98 Å². The molecule has 32 heavy (non-hydrogen) atoms. The van der Waals surface area contributed by atoms with Gasteiger partial charge in [0.1, 0.15) is 6.10 Å². The zero-order valence-corrected chi connectivity index (χ0v) is 18.5. The van der Waals surface area contributed by atoms with Gasteiger partial charge in [-0.05, 0) is 51.4 Å². The average Bonchev–Trinajstić information content (AvgIpc) is 3.14. The van der Waals surface area contributed by atoms with Crippen molar-refractivity contribution >= 4 is 16.6 Å². The Morgan fingerprint density at radius 1 is 1.19 bits per heavy atom. The summed E-state index contributed by atoms with van der Waals surface area (Å²) in [6, 6.07) is 5.62. The molecule has 6 nitrogen and oxygen atoms in total. The molecule has 3 aromatic rings. The molecule has 170 valence electrons. The number of hydrogen-bond donors (Lipinski definition) is 1. The van der Waals surface area contributed by atoms with Gasteiger partial charge in [0.25, 0.3) is 0 Å². The highest BCUT2D eigenvalue weighted by atomic mass is 19.4. The quantitative estimate of drug-likeness (QED) is 0.602. The van der Waals surface area contributed by atoms with E-state index in [9.17, 15) is 13.2 Å². The second kappa shape index (κ2) is 8.54. The van der Waals surface area contributed by atoms with E-state index in [1.165, 1.54) is 13.0 Å². The summed E-state index contributed by atoms with van der Waals surface area (Å²) in [6.45, 7) is 6.95. The molecule has 4 rings (SSSR count). The summed E-state index contributed by atoms with van der Waals surface area (Å²) in [6.07, 6.45) is -1.69. The third-order valence-electron chi connectivity index (χ3n) is 5.96. The van der Waals surface area contributed by atoms with Crippen molar-refractivity contribution < 1.29 is 17.9 Å². The van der Waals surface area contributed by atoms with Crippen LogP contribution in [-0.4, -0.2) is 46.3 Å². The molecule has 1 N–H and O–H groups in total. The number of aryl methyl sites for hydroxylation is 1. The van der Waals surface area contributed by atoms with Crippen LogP contribution in [0.15, 0.2) is 30.5 Å². The number of anilines is 1. The number of benzene rings is 1. The summed E-state index contributed by atoms with van der Waals surface area (Å²) in [5.41, 5.74) is 0.827. The average molecular weight is 445 g/mol. The van der Waals surface area contributed by atoms with E-state index in [1.807, 2.05) is 19.9 Å². The largest absolute Gasteiger partial charge is 0.473 e. The van der Waals surface area contributed by atoms with Crippen molar-refractivity contribution in [3.05, 3.63) is 52.8 Å². The van der Waals surface area contributed by atoms with Crippen LogP contribution in [0.3, 0.4) is 0 Å². The standard InChI is InChI=1S/C23H26F3N5O/c1-13-17(6-5-7-20(13)23(24,25)26)14(2)28-22-18-10-21(32-16-8-9-31(4)12-16)27-11-19(18)15(3)29-30-22/h5-7,10-11,14,16H,8-9,12H2,1-4H3,(H,28,30)/t14-,16+/m1/s1. The highest BCUT2D eigenvalue weighted by Crippen LogP contribution is 2.36. The maximum absolute atomic E-state index is 13.3. The smallest absolute Gasteiger partial charge is 0.416 e. The molecule has 0 saturated carbocycles. The van der Waals surface area contributed by atoms with E-state index in [1.54, 1.807) is 12.3 Å². The number of nitrogens with zero attached hydrogens (tertiary/aromatic N) is 4. The monoisotopic (exact) mass is 445 g/mol. The molecule has 1 fully saturated rings. The predicted molar refractivity (Wildman–Crippen MR) is 117 cm³/mol. The molecule has 0 bridgehead atoms. The predicted octanol–water partition coefficient (Wildman–Crippen LogP) is 4.92. The van der Waals surface area contributed by atoms with Gasteiger partial charge in [0.15, 0.2) is 5.82 Å². The van der Waals surface area contributed by atoms with E-state index in [0.717, 1.165) is 36.3 Å². The first-order valence-corrected chi connectivity index (χ1v) is 10.5. The van der Waals surface area contributed by atoms with Crippen LogP contribution in [0.5, 0.6) is 5.88 Å². The molecule has 2 aromatic heterocycles. The molecule has 2 atom stereocenters. The lowest BCUT2D eigenvalue weighted by Gasteiger charge is -2.21. The molecule has 0 aliphatic carbocycles. The lowest BCUT2D eigenvalue weighted by molar-refractivity contribution is -0.138. The van der Waals surface area contributed by atoms with Crippen LogP contribution in [0.1, 0.15) is 41.8 Å². The van der Waals surface area contributed by atoms with Crippen molar-refractivity contribution in [2.75, 3.05) is 25.5 Å². The number of hydrogen-bond acceptors (Lipinski definition) is 6. The lowest BCUT2D eigenvalue weighted by Crippen LogP contribution is -2.21. The van der Waals surface area contributed by atoms with Crippen LogP contribution < -0.4 is 10.1 Å². The highest BCUT2D eigenvalue weighted by molar-refractivity contribution is 5.93. The number of likely N-dealkylation sites (tertiary alicyclic amines) is 1. The van der Waals surface area contributed by atoms with Gasteiger partial charge in [-0.2, -0.15) is 18.3 Å². The molecule has 0 radical (unpaired) electrons. The third-order valence-corrected chi connectivity index (χ3v) is 5.96. The number of ether oxygens (including phenoxy) is 1. The SMILES string of the molecule is Cc1c([C@@H](C)Nc2nnc(C)c3cnc(O[C@H]4CCN(C)C4)cc23)cccc1C(F)(F)F. The Hall–Kier alpha value is -2.94. The van der Waals surface area contributed by atoms with Gasteiger partial charge in [0, 0.05) is 36.1 Å². The number of nitrogens with one attached hydrogen (secondary N) is 1. The van der Waals surface area contributed by atoms with Crippen LogP contribution in [-0.2, 0) is 6.18 Å². The van der Waals surface area contributed by atoms with Gasteiger partial charge in [-0.3, -0.25) is 0 Å². The first kappa shape index (κ1) is 22.3. The number of aromatic nitrogens is 3. The van der Waals surface area contributed by atoms with Crippen molar-refractivity contribution in [1.29, 1.82) is 0 Å². The lowest BCUT2D eigenvalue weighted by atomic mass is 9.97. The van der Waals surface area contributed by atoms with Gasteiger partial charge >= 0.3 is 6.18 Å². The molecule has 1 saturated heterocycles. The fourth-order valence-corrected chi connectivity index (χ4v) is 4.20. The summed E-state index contributed by atoms with van der Waals surface area (Å²) in [5, 5.41) is 13.3. The molecule has 0 unspecified atom stereocenters. The second-order valence-corrected chi connectivity index (χ2v) is 8.38. The zero-order chi connectivity index (χ0) is 23.0. The van der Waals surface area contributed by atoms with E-state index in [4.69, 9.17) is 4.74 Å². The Bertz CT molecular complexity index is 1130. The van der Waals surface area contributed by atoms with Gasteiger partial charge in [-0.15, -0.1) is 5.10 Å². The molecule has 1 aromatic carbocycles. The van der Waals surface area contributed by atoms with Crippen molar-refractivity contribution in [3.8, 4) is 5.88 Å². The molecule has 9 heteroatoms. The summed E-state index contributed by atoms with van der Waals surface area (Å²) >= 11 is 0. The first-order valence-electron chi connectivity index (χ1n) is 10.5. The number of rotatable bonds is 5. The minimum atomic E-state index is -4.40. The Labute approximate surface area is 184 Å². The molecule has 1 aliphatic heterocycles. The van der Waals surface area contributed by atoms with Crippen LogP contribution >= 0.6 is 0 Å². The molecular formula is C23H26F3N5O. The molecule has 0 spiro atoms. The summed E-state index contributed by atoms with van der Waals surface area (Å²) < 4.78 is 46.1. The number of likely N-dealkylation sites (N-methyl/N-ethyl adjacent to an activating group) is 1. The van der Waals surface area contributed by atoms with Gasteiger partial charge in [0.05, 0.1) is 17.3 Å². The Morgan fingerprint density at radius 3 is 2.66 bits per heavy atom. The Morgan fingerprint density at radius 2 is 1.97 bits per heavy atom. The van der Waals surface area contributed by atoms with Crippen molar-refractivity contribution in [1.82, 2.24) is 20.1 Å². The summed E-state index contributed by atoms with van der Waals surface area (Å²) in [4.78, 5) is 6.63. The summed E-state index contributed by atoms with van der Waals surface area (Å²) in [7, 11) is 2.05. The van der Waals surface area contributed by atoms with Gasteiger partial charge < -0.3 is 15.0 Å². The molecular weight excluding hydrogens is 419 g/mol. The van der Waals surface area contributed by atoms with E-state index in [-0.39, 0.29) is 11.7 Å². The minimum Gasteiger partial charge on any atom is -0.473 e. The number of halogens is 3. The fraction of sp³-hybridized carbons (Fsp3) is 0.435. The van der Waals surface area contributed by atoms with E-state index < -0.39 is 17.8 Å². The summed E-state index contributed by atoms with van der Waals surface area (Å²) in [5.74, 6) is 0.974. The molecule has 1 aliphatic rings.